The number of methoxy groups -OCH3 is 1. The van der Waals surface area contributed by atoms with Gasteiger partial charge in [0.05, 0.1) is 18.3 Å². The summed E-state index contributed by atoms with van der Waals surface area (Å²) in [6, 6.07) is 8.07. The molecule has 0 aliphatic heterocycles. The first-order valence-electron chi connectivity index (χ1n) is 5.96. The molecule has 0 saturated carbocycles. The fourth-order valence-electron chi connectivity index (χ4n) is 1.95. The summed E-state index contributed by atoms with van der Waals surface area (Å²) in [5.74, 6) is -0.279. The lowest BCUT2D eigenvalue weighted by molar-refractivity contribution is -0.139. The highest BCUT2D eigenvalue weighted by atomic mass is 79.9. The van der Waals surface area contributed by atoms with Crippen molar-refractivity contribution in [3.8, 4) is 0 Å². The summed E-state index contributed by atoms with van der Waals surface area (Å²) < 4.78 is 6.50. The second-order valence-electron chi connectivity index (χ2n) is 4.21. The van der Waals surface area contributed by atoms with Crippen LogP contribution in [0.25, 0.3) is 10.9 Å². The number of rotatable bonds is 5. The molecule has 5 nitrogen and oxygen atoms in total. The summed E-state index contributed by atoms with van der Waals surface area (Å²) in [5.41, 5.74) is 2.07. The maximum Gasteiger partial charge on any atom is 0.320 e. The Bertz CT molecular complexity index is 582. The number of hydrogen-bond acceptors (Lipinski definition) is 4. The van der Waals surface area contributed by atoms with Crippen LogP contribution >= 0.6 is 15.9 Å². The van der Waals surface area contributed by atoms with Crippen molar-refractivity contribution in [1.82, 2.24) is 15.1 Å². The van der Waals surface area contributed by atoms with Gasteiger partial charge < -0.3 is 10.1 Å². The molecule has 0 bridgehead atoms. The average Bonchev–Trinajstić information content (AvgIpc) is 2.75. The lowest BCUT2D eigenvalue weighted by Crippen LogP contribution is -2.29. The molecular formula is C13H16BrN3O2. The number of benzene rings is 1. The lowest BCUT2D eigenvalue weighted by atomic mass is 10.2. The molecule has 1 atom stereocenters. The number of para-hydroxylation sites is 1. The zero-order valence-corrected chi connectivity index (χ0v) is 12.5. The van der Waals surface area contributed by atoms with Crippen molar-refractivity contribution < 1.29 is 9.53 Å². The smallest absolute Gasteiger partial charge is 0.320 e. The number of carbonyl (C=O) groups is 1. The van der Waals surface area contributed by atoms with Gasteiger partial charge in [-0.3, -0.25) is 9.48 Å². The van der Waals surface area contributed by atoms with Crippen LogP contribution in [0.3, 0.4) is 0 Å². The molecule has 0 fully saturated rings. The molecule has 0 aliphatic rings. The van der Waals surface area contributed by atoms with Crippen molar-refractivity contribution in [2.45, 2.75) is 11.4 Å². The first-order valence-corrected chi connectivity index (χ1v) is 6.88. The van der Waals surface area contributed by atoms with Crippen LogP contribution in [0.5, 0.6) is 0 Å². The maximum absolute atomic E-state index is 11.2. The molecule has 2 rings (SSSR count). The van der Waals surface area contributed by atoms with E-state index in [1.54, 1.807) is 0 Å². The molecule has 2 aromatic rings. The fourth-order valence-corrected chi connectivity index (χ4v) is 2.36. The molecule has 1 heterocycles. The van der Waals surface area contributed by atoms with Gasteiger partial charge in [0.1, 0.15) is 4.83 Å². The van der Waals surface area contributed by atoms with Gasteiger partial charge in [0, 0.05) is 25.5 Å². The first-order chi connectivity index (χ1) is 9.13. The van der Waals surface area contributed by atoms with Gasteiger partial charge in [0.2, 0.25) is 0 Å². The van der Waals surface area contributed by atoms with Crippen molar-refractivity contribution in [2.75, 3.05) is 13.7 Å². The van der Waals surface area contributed by atoms with E-state index < -0.39 is 0 Å². The SMILES string of the molecule is COC(=O)C(Br)CNCc1nn(C)c2ccccc12. The number of alkyl halides is 1. The number of fused-ring (bicyclic) bond motifs is 1. The van der Waals surface area contributed by atoms with Gasteiger partial charge in [-0.05, 0) is 6.07 Å². The van der Waals surface area contributed by atoms with Crippen molar-refractivity contribution in [1.29, 1.82) is 0 Å². The summed E-state index contributed by atoms with van der Waals surface area (Å²) in [7, 11) is 3.30. The summed E-state index contributed by atoms with van der Waals surface area (Å²) in [5, 5.41) is 8.80. The third-order valence-corrected chi connectivity index (χ3v) is 3.60. The van der Waals surface area contributed by atoms with Crippen LogP contribution in [-0.4, -0.2) is 34.2 Å². The molecule has 1 N–H and O–H groups in total. The van der Waals surface area contributed by atoms with Crippen LogP contribution in [-0.2, 0) is 23.1 Å². The van der Waals surface area contributed by atoms with Crippen molar-refractivity contribution >= 4 is 32.8 Å². The van der Waals surface area contributed by atoms with Crippen molar-refractivity contribution in [3.63, 3.8) is 0 Å². The van der Waals surface area contributed by atoms with Crippen LogP contribution in [0.15, 0.2) is 24.3 Å². The molecule has 1 aromatic carbocycles. The molecule has 1 unspecified atom stereocenters. The molecular weight excluding hydrogens is 310 g/mol. The van der Waals surface area contributed by atoms with Crippen LogP contribution < -0.4 is 5.32 Å². The minimum atomic E-state index is -0.340. The minimum Gasteiger partial charge on any atom is -0.468 e. The van der Waals surface area contributed by atoms with Crippen molar-refractivity contribution in [2.24, 2.45) is 7.05 Å². The topological polar surface area (TPSA) is 56.1 Å². The molecule has 19 heavy (non-hydrogen) atoms. The third-order valence-electron chi connectivity index (χ3n) is 2.91. The summed E-state index contributed by atoms with van der Waals surface area (Å²) >= 11 is 3.27. The van der Waals surface area contributed by atoms with E-state index in [1.165, 1.54) is 7.11 Å². The van der Waals surface area contributed by atoms with E-state index in [1.807, 2.05) is 36.0 Å². The average molecular weight is 326 g/mol. The second-order valence-corrected chi connectivity index (χ2v) is 5.31. The third kappa shape index (κ3) is 3.13. The van der Waals surface area contributed by atoms with Gasteiger partial charge in [-0.1, -0.05) is 34.1 Å². The quantitative estimate of drug-likeness (QED) is 0.670. The maximum atomic E-state index is 11.2. The summed E-state index contributed by atoms with van der Waals surface area (Å²) in [6.45, 7) is 1.11. The number of aryl methyl sites for hydroxylation is 1. The van der Waals surface area contributed by atoms with E-state index in [9.17, 15) is 4.79 Å². The van der Waals surface area contributed by atoms with Gasteiger partial charge in [0.25, 0.3) is 0 Å². The van der Waals surface area contributed by atoms with Crippen LogP contribution in [0.2, 0.25) is 0 Å². The molecule has 102 valence electrons. The second kappa shape index (κ2) is 6.16. The Balaban J connectivity index is 2.01. The van der Waals surface area contributed by atoms with Crippen molar-refractivity contribution in [3.05, 3.63) is 30.0 Å². The van der Waals surface area contributed by atoms with Gasteiger partial charge in [-0.2, -0.15) is 5.10 Å². The van der Waals surface area contributed by atoms with Crippen LogP contribution in [0.4, 0.5) is 0 Å². The Morgan fingerprint density at radius 3 is 3.00 bits per heavy atom. The van der Waals surface area contributed by atoms with E-state index in [0.717, 1.165) is 16.6 Å². The van der Waals surface area contributed by atoms with Crippen LogP contribution in [0, 0.1) is 0 Å². The number of halogens is 1. The number of aromatic nitrogens is 2. The molecule has 0 radical (unpaired) electrons. The standard InChI is InChI=1S/C13H16BrN3O2/c1-17-12-6-4-3-5-9(12)11(16-17)8-15-7-10(14)13(18)19-2/h3-6,10,15H,7-8H2,1-2H3. The Morgan fingerprint density at radius 1 is 1.53 bits per heavy atom. The zero-order chi connectivity index (χ0) is 13.8. The normalized spacial score (nSPS) is 12.6. The first kappa shape index (κ1) is 14.0. The predicted octanol–water partition coefficient (Wildman–Crippen LogP) is 1.60. The molecule has 0 saturated heterocycles. The highest BCUT2D eigenvalue weighted by Gasteiger charge is 2.15. The number of carbonyl (C=O) groups excluding carboxylic acids is 1. The Hall–Kier alpha value is -1.40. The molecule has 6 heteroatoms. The Morgan fingerprint density at radius 2 is 2.26 bits per heavy atom. The zero-order valence-electron chi connectivity index (χ0n) is 10.9. The Labute approximate surface area is 120 Å². The van der Waals surface area contributed by atoms with E-state index in [4.69, 9.17) is 0 Å². The van der Waals surface area contributed by atoms with Gasteiger partial charge >= 0.3 is 5.97 Å². The largest absolute Gasteiger partial charge is 0.468 e. The monoisotopic (exact) mass is 325 g/mol. The minimum absolute atomic E-state index is 0.279. The highest BCUT2D eigenvalue weighted by Crippen LogP contribution is 2.17. The van der Waals surface area contributed by atoms with Crippen LogP contribution in [0.1, 0.15) is 5.69 Å². The number of nitrogens with one attached hydrogen (secondary N) is 1. The molecule has 0 aliphatic carbocycles. The Kier molecular flexibility index (Phi) is 4.55. The fraction of sp³-hybridized carbons (Fsp3) is 0.385. The lowest BCUT2D eigenvalue weighted by Gasteiger charge is -2.08. The number of hydrogen-bond donors (Lipinski definition) is 1. The van der Waals surface area contributed by atoms with Gasteiger partial charge in [-0.15, -0.1) is 0 Å². The van der Waals surface area contributed by atoms with E-state index in [2.05, 4.69) is 31.1 Å². The molecule has 0 amide bonds. The van der Waals surface area contributed by atoms with E-state index >= 15 is 0 Å². The highest BCUT2D eigenvalue weighted by molar-refractivity contribution is 9.10. The predicted molar refractivity (Wildman–Crippen MR) is 77.2 cm³/mol. The van der Waals surface area contributed by atoms with Gasteiger partial charge in [0.15, 0.2) is 0 Å². The number of nitrogens with zero attached hydrogens (tertiary/aromatic N) is 2. The summed E-state index contributed by atoms with van der Waals surface area (Å²) in [6.07, 6.45) is 0. The number of ether oxygens (including phenoxy) is 1. The molecule has 0 spiro atoms. The van der Waals surface area contributed by atoms with Gasteiger partial charge in [-0.25, -0.2) is 0 Å². The van der Waals surface area contributed by atoms with E-state index in [-0.39, 0.29) is 10.8 Å². The molecule has 1 aromatic heterocycles. The van der Waals surface area contributed by atoms with E-state index in [0.29, 0.717) is 13.1 Å². The number of esters is 1. The summed E-state index contributed by atoms with van der Waals surface area (Å²) in [4.78, 5) is 10.9.